The highest BCUT2D eigenvalue weighted by molar-refractivity contribution is 7.49. The Morgan fingerprint density at radius 3 is 1.22 bits per heavy atom. The molecular weight excluding hydrogens is 633 g/mol. The number of phosphoric ester groups is 1. The number of nitrogens with zero attached hydrogens (tertiary/aromatic N) is 1. The van der Waals surface area contributed by atoms with Crippen molar-refractivity contribution >= 4 is 19.8 Å². The molecule has 0 spiro atoms. The number of likely N-dealkylation sites (N-methyl/N-ethyl adjacent to an activating group) is 1. The molecule has 0 aromatic carbocycles. The van der Waals surface area contributed by atoms with Gasteiger partial charge in [-0.2, -0.15) is 0 Å². The zero-order valence-corrected chi connectivity index (χ0v) is 33.2. The minimum atomic E-state index is -4.33. The van der Waals surface area contributed by atoms with Gasteiger partial charge in [0.1, 0.15) is 13.2 Å². The molecule has 0 rings (SSSR count). The zero-order chi connectivity index (χ0) is 36.3. The van der Waals surface area contributed by atoms with E-state index in [1.807, 2.05) is 21.1 Å². The van der Waals surface area contributed by atoms with Crippen molar-refractivity contribution in [1.82, 2.24) is 0 Å². The predicted octanol–water partition coefficient (Wildman–Crippen LogP) is 12.5. The summed E-state index contributed by atoms with van der Waals surface area (Å²) < 4.78 is 29.7. The highest BCUT2D eigenvalue weighted by Crippen LogP contribution is 2.50. The van der Waals surface area contributed by atoms with E-state index in [1.165, 1.54) is 51.4 Å². The summed E-state index contributed by atoms with van der Waals surface area (Å²) in [5, 5.41) is 0. The summed E-state index contributed by atoms with van der Waals surface area (Å²) in [6.45, 7) is 5.03. The SMILES string of the molecule is CCCCC/C=C\C/C=C\CCCCCCCC(=O)OP(=O)(OCC[N+](C)(C)C)OC(=O)CCCCCCC/C=C\C/C=C\CCCCC. The number of phosphoric acid groups is 1. The Kier molecular flexibility index (Phi) is 31.9. The van der Waals surface area contributed by atoms with Gasteiger partial charge in [0.05, 0.1) is 21.1 Å². The Labute approximate surface area is 302 Å². The smallest absolute Gasteiger partial charge is 0.361 e. The van der Waals surface area contributed by atoms with Crippen molar-refractivity contribution in [1.29, 1.82) is 0 Å². The highest BCUT2D eigenvalue weighted by atomic mass is 31.2. The zero-order valence-electron chi connectivity index (χ0n) is 32.3. The monoisotopic (exact) mass is 709 g/mol. The molecule has 0 fully saturated rings. The molecule has 0 saturated heterocycles. The maximum absolute atomic E-state index is 13.3. The van der Waals surface area contributed by atoms with E-state index in [1.54, 1.807) is 0 Å². The van der Waals surface area contributed by atoms with E-state index in [0.29, 0.717) is 23.9 Å². The molecule has 0 saturated carbocycles. The number of hydrogen-bond donors (Lipinski definition) is 0. The fourth-order valence-corrected chi connectivity index (χ4v) is 6.13. The van der Waals surface area contributed by atoms with Gasteiger partial charge < -0.3 is 13.5 Å². The van der Waals surface area contributed by atoms with Gasteiger partial charge in [0.2, 0.25) is 0 Å². The molecule has 0 heterocycles. The number of unbranched alkanes of at least 4 members (excludes halogenated alkanes) is 16. The van der Waals surface area contributed by atoms with Crippen LogP contribution in [0, 0.1) is 0 Å². The van der Waals surface area contributed by atoms with Crippen molar-refractivity contribution in [3.05, 3.63) is 48.6 Å². The van der Waals surface area contributed by atoms with Crippen LogP contribution in [0.2, 0.25) is 0 Å². The van der Waals surface area contributed by atoms with Crippen LogP contribution in [0.25, 0.3) is 0 Å². The number of quaternary nitrogens is 1. The molecule has 0 radical (unpaired) electrons. The Morgan fingerprint density at radius 1 is 0.510 bits per heavy atom. The summed E-state index contributed by atoms with van der Waals surface area (Å²) in [5.74, 6) is -1.30. The molecule has 0 aliphatic heterocycles. The minimum absolute atomic E-state index is 0.0503. The van der Waals surface area contributed by atoms with Crippen molar-refractivity contribution in [2.24, 2.45) is 0 Å². The number of rotatable bonds is 34. The Morgan fingerprint density at radius 2 is 0.857 bits per heavy atom. The van der Waals surface area contributed by atoms with Gasteiger partial charge in [0, 0.05) is 12.8 Å². The number of carbonyl (C=O) groups is 2. The first-order valence-electron chi connectivity index (χ1n) is 19.7. The number of hydrogen-bond acceptors (Lipinski definition) is 6. The van der Waals surface area contributed by atoms with Gasteiger partial charge in [-0.1, -0.05) is 127 Å². The van der Waals surface area contributed by atoms with Gasteiger partial charge >= 0.3 is 19.8 Å². The molecule has 0 aromatic rings. The summed E-state index contributed by atoms with van der Waals surface area (Å²) in [6.07, 6.45) is 42.0. The molecule has 0 aliphatic carbocycles. The fraction of sp³-hybridized carbons (Fsp3) is 0.756. The molecule has 8 heteroatoms. The average Bonchev–Trinajstić information content (AvgIpc) is 3.04. The summed E-state index contributed by atoms with van der Waals surface area (Å²) in [6, 6.07) is 0. The molecule has 0 aromatic heterocycles. The largest absolute Gasteiger partial charge is 0.592 e. The third-order valence-corrected chi connectivity index (χ3v) is 9.46. The van der Waals surface area contributed by atoms with Crippen LogP contribution in [0.4, 0.5) is 0 Å². The summed E-state index contributed by atoms with van der Waals surface area (Å²) >= 11 is 0. The average molecular weight is 709 g/mol. The van der Waals surface area contributed by atoms with E-state index in [9.17, 15) is 14.2 Å². The predicted molar refractivity (Wildman–Crippen MR) is 207 cm³/mol. The lowest BCUT2D eigenvalue weighted by atomic mass is 10.1. The van der Waals surface area contributed by atoms with E-state index in [0.717, 1.165) is 77.0 Å². The summed E-state index contributed by atoms with van der Waals surface area (Å²) in [5.41, 5.74) is 0. The van der Waals surface area contributed by atoms with Crippen LogP contribution >= 0.6 is 7.82 Å². The van der Waals surface area contributed by atoms with E-state index < -0.39 is 19.8 Å². The Bertz CT molecular complexity index is 902. The second-order valence-electron chi connectivity index (χ2n) is 14.2. The van der Waals surface area contributed by atoms with Crippen LogP contribution in [-0.4, -0.2) is 50.7 Å². The van der Waals surface area contributed by atoms with Crippen LogP contribution in [0.3, 0.4) is 0 Å². The maximum Gasteiger partial charge on any atom is 0.592 e. The molecule has 0 aliphatic rings. The quantitative estimate of drug-likeness (QED) is 0.0286. The fourth-order valence-electron chi connectivity index (χ4n) is 5.00. The highest BCUT2D eigenvalue weighted by Gasteiger charge is 2.35. The first kappa shape index (κ1) is 47.0. The number of allylic oxidation sites excluding steroid dienone is 8. The van der Waals surface area contributed by atoms with Gasteiger partial charge in [-0.3, -0.25) is 14.1 Å². The van der Waals surface area contributed by atoms with E-state index in [-0.39, 0.29) is 19.4 Å². The molecule has 0 N–H and O–H groups in total. The van der Waals surface area contributed by atoms with Gasteiger partial charge in [-0.15, -0.1) is 0 Å². The van der Waals surface area contributed by atoms with Gasteiger partial charge in [0.25, 0.3) is 0 Å². The lowest BCUT2D eigenvalue weighted by Gasteiger charge is -2.24. The Balaban J connectivity index is 4.26. The number of carbonyl (C=O) groups excluding carboxylic acids is 2. The van der Waals surface area contributed by atoms with Crippen molar-refractivity contribution in [3.63, 3.8) is 0 Å². The molecule has 0 atom stereocenters. The lowest BCUT2D eigenvalue weighted by Crippen LogP contribution is -2.37. The normalized spacial score (nSPS) is 12.7. The van der Waals surface area contributed by atoms with Gasteiger partial charge in [-0.25, -0.2) is 4.57 Å². The molecule has 0 amide bonds. The first-order chi connectivity index (χ1) is 23.6. The first-order valence-corrected chi connectivity index (χ1v) is 21.2. The van der Waals surface area contributed by atoms with E-state index >= 15 is 0 Å². The minimum Gasteiger partial charge on any atom is -0.361 e. The van der Waals surface area contributed by atoms with Crippen molar-refractivity contribution < 1.29 is 32.2 Å². The molecular formula is C41H75NO6P+. The molecule has 7 nitrogen and oxygen atoms in total. The third kappa shape index (κ3) is 35.7. The van der Waals surface area contributed by atoms with Crippen molar-refractivity contribution in [2.75, 3.05) is 34.3 Å². The van der Waals surface area contributed by atoms with E-state index in [4.69, 9.17) is 13.6 Å². The molecule has 284 valence electrons. The molecule has 0 bridgehead atoms. The van der Waals surface area contributed by atoms with Crippen LogP contribution in [-0.2, 0) is 27.7 Å². The Hall–Kier alpha value is -1.95. The second-order valence-corrected chi connectivity index (χ2v) is 15.7. The summed E-state index contributed by atoms with van der Waals surface area (Å²) in [7, 11) is 1.59. The van der Waals surface area contributed by atoms with Gasteiger partial charge in [-0.05, 0) is 77.0 Å². The summed E-state index contributed by atoms with van der Waals surface area (Å²) in [4.78, 5) is 25.1. The van der Waals surface area contributed by atoms with Crippen LogP contribution in [0.5, 0.6) is 0 Å². The molecule has 0 unspecified atom stereocenters. The topological polar surface area (TPSA) is 78.9 Å². The molecule has 49 heavy (non-hydrogen) atoms. The lowest BCUT2D eigenvalue weighted by molar-refractivity contribution is -0.870. The van der Waals surface area contributed by atoms with E-state index in [2.05, 4.69) is 62.5 Å². The van der Waals surface area contributed by atoms with Crippen LogP contribution < -0.4 is 0 Å². The maximum atomic E-state index is 13.3. The van der Waals surface area contributed by atoms with Crippen LogP contribution in [0.1, 0.15) is 168 Å². The van der Waals surface area contributed by atoms with Crippen molar-refractivity contribution in [3.8, 4) is 0 Å². The van der Waals surface area contributed by atoms with Crippen LogP contribution in [0.15, 0.2) is 48.6 Å². The third-order valence-electron chi connectivity index (χ3n) is 8.10. The van der Waals surface area contributed by atoms with Gasteiger partial charge in [0.15, 0.2) is 0 Å². The second kappa shape index (κ2) is 33.2. The van der Waals surface area contributed by atoms with Crippen molar-refractivity contribution in [2.45, 2.75) is 168 Å². The standard InChI is InChI=1S/C41H75NO6P/c1-6-8-10-12-14-16-18-20-22-24-26-28-30-32-34-36-40(43)47-49(45,46-39-38-42(3,4)5)48-41(44)37-35-33-31-29-27-25-23-21-19-17-15-13-11-9-7-2/h14-17,20-23H,6-13,18-19,24-39H2,1-5H3/q+1/b16-14-,17-15-,22-20-,23-21-.